The molecule has 0 unspecified atom stereocenters. The average Bonchev–Trinajstić information content (AvgIpc) is 2.41. The minimum atomic E-state index is 0.642. The van der Waals surface area contributed by atoms with E-state index in [-0.39, 0.29) is 0 Å². The predicted octanol–water partition coefficient (Wildman–Crippen LogP) is 3.93. The lowest BCUT2D eigenvalue weighted by Gasteiger charge is -2.13. The number of rotatable bonds is 10. The molecule has 0 heterocycles. The zero-order chi connectivity index (χ0) is 14.8. The summed E-state index contributed by atoms with van der Waals surface area (Å²) >= 11 is 0. The molecular formula is C17H27NO2. The molecule has 3 heteroatoms. The van der Waals surface area contributed by atoms with Crippen LogP contribution in [-0.4, -0.2) is 19.8 Å². The summed E-state index contributed by atoms with van der Waals surface area (Å²) < 4.78 is 11.4. The van der Waals surface area contributed by atoms with E-state index in [9.17, 15) is 0 Å². The first-order valence-electron chi connectivity index (χ1n) is 7.41. The summed E-state index contributed by atoms with van der Waals surface area (Å²) in [6.07, 6.45) is 2.01. The Bertz CT molecular complexity index is 415. The van der Waals surface area contributed by atoms with Gasteiger partial charge < -0.3 is 14.8 Å². The van der Waals surface area contributed by atoms with E-state index in [0.717, 1.165) is 43.0 Å². The summed E-state index contributed by atoms with van der Waals surface area (Å²) in [5.41, 5.74) is 2.34. The second kappa shape index (κ2) is 9.43. The number of hydrogen-bond acceptors (Lipinski definition) is 3. The van der Waals surface area contributed by atoms with Crippen molar-refractivity contribution in [3.05, 3.63) is 35.9 Å². The highest BCUT2D eigenvalue weighted by molar-refractivity contribution is 5.43. The third kappa shape index (κ3) is 6.11. The highest BCUT2D eigenvalue weighted by atomic mass is 16.5. The lowest BCUT2D eigenvalue weighted by molar-refractivity contribution is 0.279. The molecule has 0 radical (unpaired) electrons. The van der Waals surface area contributed by atoms with Crippen LogP contribution in [0, 0.1) is 0 Å². The van der Waals surface area contributed by atoms with Crippen molar-refractivity contribution in [3.63, 3.8) is 0 Å². The van der Waals surface area contributed by atoms with Crippen LogP contribution >= 0.6 is 0 Å². The molecule has 0 saturated carbocycles. The Hall–Kier alpha value is -1.48. The van der Waals surface area contributed by atoms with Gasteiger partial charge in [0.15, 0.2) is 11.5 Å². The molecule has 1 aromatic rings. The number of ether oxygens (including phenoxy) is 2. The standard InChI is InChI=1S/C17H27NO2/c1-5-10-18-13-15-7-8-16(17(12-15)19-6-2)20-11-9-14(3)4/h7-8,12,18H,3,5-6,9-11,13H2,1-2,4H3. The van der Waals surface area contributed by atoms with E-state index >= 15 is 0 Å². The Kier molecular flexibility index (Phi) is 7.81. The third-order valence-corrected chi connectivity index (χ3v) is 2.85. The van der Waals surface area contributed by atoms with Gasteiger partial charge in [0.2, 0.25) is 0 Å². The van der Waals surface area contributed by atoms with Gasteiger partial charge in [-0.1, -0.05) is 18.6 Å². The molecule has 20 heavy (non-hydrogen) atoms. The van der Waals surface area contributed by atoms with Crippen LogP contribution in [0.25, 0.3) is 0 Å². The maximum absolute atomic E-state index is 5.77. The van der Waals surface area contributed by atoms with Crippen molar-refractivity contribution in [1.82, 2.24) is 5.32 Å². The van der Waals surface area contributed by atoms with Crippen LogP contribution in [0.5, 0.6) is 11.5 Å². The van der Waals surface area contributed by atoms with Crippen LogP contribution in [0.2, 0.25) is 0 Å². The summed E-state index contributed by atoms with van der Waals surface area (Å²) in [7, 11) is 0. The van der Waals surface area contributed by atoms with E-state index in [1.54, 1.807) is 0 Å². The summed E-state index contributed by atoms with van der Waals surface area (Å²) in [5.74, 6) is 1.64. The van der Waals surface area contributed by atoms with Crippen molar-refractivity contribution in [1.29, 1.82) is 0 Å². The molecule has 0 aliphatic rings. The molecule has 0 aromatic heterocycles. The van der Waals surface area contributed by atoms with Gasteiger partial charge in [-0.25, -0.2) is 0 Å². The SMILES string of the molecule is C=C(C)CCOc1ccc(CNCCC)cc1OCC. The molecule has 0 saturated heterocycles. The van der Waals surface area contributed by atoms with Gasteiger partial charge in [-0.05, 0) is 44.5 Å². The first-order chi connectivity index (χ1) is 9.67. The van der Waals surface area contributed by atoms with Crippen LogP contribution in [0.15, 0.2) is 30.4 Å². The zero-order valence-corrected chi connectivity index (χ0v) is 13.0. The van der Waals surface area contributed by atoms with E-state index in [2.05, 4.69) is 31.0 Å². The van der Waals surface area contributed by atoms with Crippen LogP contribution in [0.3, 0.4) is 0 Å². The fourth-order valence-corrected chi connectivity index (χ4v) is 1.79. The van der Waals surface area contributed by atoms with Gasteiger partial charge in [-0.3, -0.25) is 0 Å². The van der Waals surface area contributed by atoms with Crippen LogP contribution in [-0.2, 0) is 6.54 Å². The first-order valence-corrected chi connectivity index (χ1v) is 7.41. The van der Waals surface area contributed by atoms with E-state index in [4.69, 9.17) is 9.47 Å². The van der Waals surface area contributed by atoms with Gasteiger partial charge in [0.25, 0.3) is 0 Å². The third-order valence-electron chi connectivity index (χ3n) is 2.85. The highest BCUT2D eigenvalue weighted by Crippen LogP contribution is 2.28. The average molecular weight is 277 g/mol. The van der Waals surface area contributed by atoms with Crippen molar-refractivity contribution in [2.24, 2.45) is 0 Å². The van der Waals surface area contributed by atoms with Crippen molar-refractivity contribution in [2.75, 3.05) is 19.8 Å². The maximum atomic E-state index is 5.77. The van der Waals surface area contributed by atoms with E-state index in [1.807, 2.05) is 19.9 Å². The Balaban J connectivity index is 2.65. The fourth-order valence-electron chi connectivity index (χ4n) is 1.79. The van der Waals surface area contributed by atoms with Gasteiger partial charge >= 0.3 is 0 Å². The molecule has 3 nitrogen and oxygen atoms in total. The minimum absolute atomic E-state index is 0.642. The molecular weight excluding hydrogens is 250 g/mol. The van der Waals surface area contributed by atoms with Gasteiger partial charge in [-0.15, -0.1) is 6.58 Å². The zero-order valence-electron chi connectivity index (χ0n) is 13.0. The van der Waals surface area contributed by atoms with E-state index < -0.39 is 0 Å². The Morgan fingerprint density at radius 2 is 2.00 bits per heavy atom. The van der Waals surface area contributed by atoms with Crippen LogP contribution < -0.4 is 14.8 Å². The molecule has 112 valence electrons. The van der Waals surface area contributed by atoms with Crippen molar-refractivity contribution in [3.8, 4) is 11.5 Å². The molecule has 0 fully saturated rings. The largest absolute Gasteiger partial charge is 0.490 e. The Morgan fingerprint density at radius 3 is 2.65 bits per heavy atom. The summed E-state index contributed by atoms with van der Waals surface area (Å²) in [6, 6.07) is 6.13. The number of nitrogens with one attached hydrogen (secondary N) is 1. The van der Waals surface area contributed by atoms with Gasteiger partial charge in [0.1, 0.15) is 0 Å². The van der Waals surface area contributed by atoms with Crippen LogP contribution in [0.1, 0.15) is 39.2 Å². The minimum Gasteiger partial charge on any atom is -0.490 e. The van der Waals surface area contributed by atoms with Crippen LogP contribution in [0.4, 0.5) is 0 Å². The van der Waals surface area contributed by atoms with E-state index in [1.165, 1.54) is 5.56 Å². The molecule has 0 aliphatic carbocycles. The van der Waals surface area contributed by atoms with Gasteiger partial charge in [0, 0.05) is 13.0 Å². The monoisotopic (exact) mass is 277 g/mol. The molecule has 0 amide bonds. The molecule has 0 aliphatic heterocycles. The second-order valence-corrected chi connectivity index (χ2v) is 4.95. The molecule has 1 rings (SSSR count). The van der Waals surface area contributed by atoms with Gasteiger partial charge in [0.05, 0.1) is 13.2 Å². The summed E-state index contributed by atoms with van der Waals surface area (Å²) in [6.45, 7) is 13.2. The maximum Gasteiger partial charge on any atom is 0.161 e. The summed E-state index contributed by atoms with van der Waals surface area (Å²) in [5, 5.41) is 3.39. The highest BCUT2D eigenvalue weighted by Gasteiger charge is 2.06. The molecule has 1 aromatic carbocycles. The smallest absolute Gasteiger partial charge is 0.161 e. The van der Waals surface area contributed by atoms with Crippen molar-refractivity contribution < 1.29 is 9.47 Å². The Morgan fingerprint density at radius 1 is 1.20 bits per heavy atom. The Labute approximate surface area is 123 Å². The second-order valence-electron chi connectivity index (χ2n) is 4.95. The normalized spacial score (nSPS) is 10.3. The molecule has 0 spiro atoms. The fraction of sp³-hybridized carbons (Fsp3) is 0.529. The number of hydrogen-bond donors (Lipinski definition) is 1. The van der Waals surface area contributed by atoms with Gasteiger partial charge in [-0.2, -0.15) is 0 Å². The molecule has 0 atom stereocenters. The van der Waals surface area contributed by atoms with Crippen molar-refractivity contribution in [2.45, 2.75) is 40.2 Å². The van der Waals surface area contributed by atoms with E-state index in [0.29, 0.717) is 13.2 Å². The lowest BCUT2D eigenvalue weighted by atomic mass is 10.2. The molecule has 1 N–H and O–H groups in total. The summed E-state index contributed by atoms with van der Waals surface area (Å²) in [4.78, 5) is 0. The number of benzene rings is 1. The topological polar surface area (TPSA) is 30.5 Å². The lowest BCUT2D eigenvalue weighted by Crippen LogP contribution is -2.14. The quantitative estimate of drug-likeness (QED) is 0.519. The molecule has 0 bridgehead atoms. The van der Waals surface area contributed by atoms with Crippen molar-refractivity contribution >= 4 is 0 Å². The first kappa shape index (κ1) is 16.6. The predicted molar refractivity (Wildman–Crippen MR) is 84.5 cm³/mol.